The molecule has 2 aromatic rings. The molecule has 114 valence electrons. The van der Waals surface area contributed by atoms with E-state index in [4.69, 9.17) is 9.15 Å². The molecule has 1 heterocycles. The molecule has 6 heteroatoms. The average molecular weight is 302 g/mol. The van der Waals surface area contributed by atoms with Gasteiger partial charge in [0.1, 0.15) is 28.2 Å². The molecule has 0 fully saturated rings. The highest BCUT2D eigenvalue weighted by Crippen LogP contribution is 2.33. The first-order valence-electron chi connectivity index (χ1n) is 6.57. The lowest BCUT2D eigenvalue weighted by atomic mass is 9.93. The number of aliphatic hydroxyl groups is 2. The molecule has 1 aliphatic rings. The largest absolute Gasteiger partial charge is 0.507 e. The molecule has 3 rings (SSSR count). The van der Waals surface area contributed by atoms with Gasteiger partial charge in [0.2, 0.25) is 0 Å². The van der Waals surface area contributed by atoms with Crippen LogP contribution < -0.4 is 10.2 Å². The Balaban J connectivity index is 2.23. The van der Waals surface area contributed by atoms with Crippen LogP contribution in [0.1, 0.15) is 5.76 Å². The van der Waals surface area contributed by atoms with Gasteiger partial charge >= 0.3 is 0 Å². The summed E-state index contributed by atoms with van der Waals surface area (Å²) in [6, 6.07) is 3.87. The van der Waals surface area contributed by atoms with E-state index in [2.05, 4.69) is 0 Å². The van der Waals surface area contributed by atoms with E-state index in [0.29, 0.717) is 5.75 Å². The normalized spacial score (nSPS) is 23.9. The molecular weight excluding hydrogens is 288 g/mol. The fourth-order valence-electron chi connectivity index (χ4n) is 2.33. The Morgan fingerprint density at radius 2 is 1.91 bits per heavy atom. The lowest BCUT2D eigenvalue weighted by Crippen LogP contribution is -2.25. The number of rotatable bonds is 2. The molecule has 3 N–H and O–H groups in total. The standard InChI is InChI=1S/C16H14O6/c1-21-10-6-11(18)15-12(19)8-14(22-13(15)7-10)16(20)4-2-9(17)3-5-16/h2-9,17-18,20H,1H3. The van der Waals surface area contributed by atoms with E-state index in [-0.39, 0.29) is 22.5 Å². The van der Waals surface area contributed by atoms with Crippen LogP contribution in [0.2, 0.25) is 0 Å². The summed E-state index contributed by atoms with van der Waals surface area (Å²) in [7, 11) is 1.42. The second-order valence-corrected chi connectivity index (χ2v) is 5.03. The molecule has 0 bridgehead atoms. The minimum atomic E-state index is -1.63. The number of fused-ring (bicyclic) bond motifs is 1. The number of aliphatic hydroxyl groups excluding tert-OH is 1. The highest BCUT2D eigenvalue weighted by molar-refractivity contribution is 5.84. The van der Waals surface area contributed by atoms with Crippen molar-refractivity contribution < 1.29 is 24.5 Å². The molecule has 22 heavy (non-hydrogen) atoms. The average Bonchev–Trinajstić information content (AvgIpc) is 2.49. The summed E-state index contributed by atoms with van der Waals surface area (Å²) in [4.78, 5) is 12.2. The van der Waals surface area contributed by atoms with Gasteiger partial charge in [0, 0.05) is 18.2 Å². The number of aromatic hydroxyl groups is 1. The third-order valence-electron chi connectivity index (χ3n) is 3.51. The van der Waals surface area contributed by atoms with E-state index < -0.39 is 17.1 Å². The number of phenolic OH excluding ortho intramolecular Hbond substituents is 1. The number of hydrogen-bond donors (Lipinski definition) is 3. The number of ether oxygens (including phenoxy) is 1. The van der Waals surface area contributed by atoms with E-state index in [1.807, 2.05) is 0 Å². The molecule has 0 spiro atoms. The van der Waals surface area contributed by atoms with Gasteiger partial charge in [0.05, 0.1) is 13.2 Å². The van der Waals surface area contributed by atoms with Crippen LogP contribution in [0.4, 0.5) is 0 Å². The number of methoxy groups -OCH3 is 1. The number of benzene rings is 1. The minimum Gasteiger partial charge on any atom is -0.507 e. The fourth-order valence-corrected chi connectivity index (χ4v) is 2.33. The van der Waals surface area contributed by atoms with Gasteiger partial charge in [-0.2, -0.15) is 0 Å². The second-order valence-electron chi connectivity index (χ2n) is 5.03. The van der Waals surface area contributed by atoms with Gasteiger partial charge in [-0.1, -0.05) is 12.2 Å². The molecule has 0 saturated heterocycles. The molecule has 0 aliphatic heterocycles. The van der Waals surface area contributed by atoms with Crippen LogP contribution in [0.15, 0.2) is 51.7 Å². The van der Waals surface area contributed by atoms with Crippen molar-refractivity contribution in [1.29, 1.82) is 0 Å². The van der Waals surface area contributed by atoms with Gasteiger partial charge < -0.3 is 24.5 Å². The number of phenols is 1. The summed E-state index contributed by atoms with van der Waals surface area (Å²) < 4.78 is 10.6. The molecule has 1 aliphatic carbocycles. The topological polar surface area (TPSA) is 100 Å². The molecule has 0 radical (unpaired) electrons. The Kier molecular flexibility index (Phi) is 3.27. The molecule has 0 atom stereocenters. The Bertz CT molecular complexity index is 832. The minimum absolute atomic E-state index is 0.0111. The lowest BCUT2D eigenvalue weighted by molar-refractivity contribution is 0.109. The van der Waals surface area contributed by atoms with Crippen molar-refractivity contribution in [3.05, 3.63) is 58.5 Å². The van der Waals surface area contributed by atoms with Crippen molar-refractivity contribution >= 4 is 11.0 Å². The summed E-state index contributed by atoms with van der Waals surface area (Å²) in [5.74, 6) is 0.0475. The molecule has 0 saturated carbocycles. The van der Waals surface area contributed by atoms with Crippen molar-refractivity contribution in [3.8, 4) is 11.5 Å². The quantitative estimate of drug-likeness (QED) is 0.720. The van der Waals surface area contributed by atoms with Crippen LogP contribution in [-0.4, -0.2) is 28.5 Å². The van der Waals surface area contributed by atoms with Crippen molar-refractivity contribution in [1.82, 2.24) is 0 Å². The summed E-state index contributed by atoms with van der Waals surface area (Å²) in [6.07, 6.45) is 4.64. The van der Waals surface area contributed by atoms with Gasteiger partial charge in [-0.25, -0.2) is 0 Å². The van der Waals surface area contributed by atoms with E-state index in [1.165, 1.54) is 43.5 Å². The summed E-state index contributed by atoms with van der Waals surface area (Å²) in [5, 5.41) is 29.8. The van der Waals surface area contributed by atoms with Crippen LogP contribution in [0.3, 0.4) is 0 Å². The number of hydrogen-bond acceptors (Lipinski definition) is 6. The predicted molar refractivity (Wildman–Crippen MR) is 78.9 cm³/mol. The Morgan fingerprint density at radius 1 is 1.23 bits per heavy atom. The summed E-state index contributed by atoms with van der Waals surface area (Å²) in [6.45, 7) is 0. The van der Waals surface area contributed by atoms with Crippen LogP contribution in [-0.2, 0) is 5.60 Å². The van der Waals surface area contributed by atoms with E-state index in [9.17, 15) is 20.1 Å². The van der Waals surface area contributed by atoms with Gasteiger partial charge in [-0.05, 0) is 12.2 Å². The highest BCUT2D eigenvalue weighted by Gasteiger charge is 2.30. The van der Waals surface area contributed by atoms with Crippen LogP contribution >= 0.6 is 0 Å². The third kappa shape index (κ3) is 2.28. The maximum Gasteiger partial charge on any atom is 0.196 e. The summed E-state index contributed by atoms with van der Waals surface area (Å²) in [5.41, 5.74) is -2.02. The maximum atomic E-state index is 12.2. The first-order chi connectivity index (χ1) is 10.4. The Morgan fingerprint density at radius 3 is 2.55 bits per heavy atom. The smallest absolute Gasteiger partial charge is 0.196 e. The maximum absolute atomic E-state index is 12.2. The van der Waals surface area contributed by atoms with Gasteiger partial charge in [-0.15, -0.1) is 0 Å². The fraction of sp³-hybridized carbons (Fsp3) is 0.188. The van der Waals surface area contributed by atoms with Crippen LogP contribution in [0.5, 0.6) is 11.5 Å². The van der Waals surface area contributed by atoms with Crippen LogP contribution in [0.25, 0.3) is 11.0 Å². The van der Waals surface area contributed by atoms with E-state index in [1.54, 1.807) is 0 Å². The lowest BCUT2D eigenvalue weighted by Gasteiger charge is -2.23. The van der Waals surface area contributed by atoms with Gasteiger partial charge in [0.15, 0.2) is 11.0 Å². The highest BCUT2D eigenvalue weighted by atomic mass is 16.5. The van der Waals surface area contributed by atoms with Crippen molar-refractivity contribution in [2.75, 3.05) is 7.11 Å². The van der Waals surface area contributed by atoms with Crippen molar-refractivity contribution in [2.24, 2.45) is 0 Å². The Labute approximate surface area is 125 Å². The molecule has 6 nitrogen and oxygen atoms in total. The predicted octanol–water partition coefficient (Wildman–Crippen LogP) is 1.18. The molecular formula is C16H14O6. The molecule has 1 aromatic carbocycles. The van der Waals surface area contributed by atoms with Crippen LogP contribution in [0, 0.1) is 0 Å². The SMILES string of the molecule is COc1cc(O)c2c(=O)cc(C3(O)C=CC(O)C=C3)oc2c1. The summed E-state index contributed by atoms with van der Waals surface area (Å²) >= 11 is 0. The second kappa shape index (κ2) is 5.01. The van der Waals surface area contributed by atoms with Crippen molar-refractivity contribution in [2.45, 2.75) is 11.7 Å². The van der Waals surface area contributed by atoms with Crippen molar-refractivity contribution in [3.63, 3.8) is 0 Å². The Hall–Kier alpha value is -2.57. The third-order valence-corrected chi connectivity index (χ3v) is 3.51. The zero-order valence-corrected chi connectivity index (χ0v) is 11.7. The van der Waals surface area contributed by atoms with Gasteiger partial charge in [-0.3, -0.25) is 4.79 Å². The van der Waals surface area contributed by atoms with Gasteiger partial charge in [0.25, 0.3) is 0 Å². The zero-order chi connectivity index (χ0) is 15.9. The monoisotopic (exact) mass is 302 g/mol. The molecule has 0 amide bonds. The van der Waals surface area contributed by atoms with E-state index in [0.717, 1.165) is 6.07 Å². The van der Waals surface area contributed by atoms with E-state index >= 15 is 0 Å². The first-order valence-corrected chi connectivity index (χ1v) is 6.57. The first kappa shape index (κ1) is 14.4. The molecule has 1 aromatic heterocycles. The zero-order valence-electron chi connectivity index (χ0n) is 11.7. The molecule has 0 unspecified atom stereocenters.